The molecule has 0 aliphatic rings. The summed E-state index contributed by atoms with van der Waals surface area (Å²) in [6, 6.07) is 4.97. The monoisotopic (exact) mass is 316 g/mol. The third-order valence-electron chi connectivity index (χ3n) is 2.79. The van der Waals surface area contributed by atoms with E-state index in [2.05, 4.69) is 19.7 Å². The van der Waals surface area contributed by atoms with Gasteiger partial charge in [-0.2, -0.15) is 0 Å². The standard InChI is InChI=1S/C14H9FN4O4/c15-8-5-7(22-14(16)21)1-2-9(8)23-10-3-4-17-13-12(10)19-11(20)6-18-13/h1-6H,(H2,16,21)(H,19,20). The molecule has 0 unspecified atom stereocenters. The van der Waals surface area contributed by atoms with Gasteiger partial charge in [-0.3, -0.25) is 4.79 Å². The summed E-state index contributed by atoms with van der Waals surface area (Å²) in [5.74, 6) is -0.807. The van der Waals surface area contributed by atoms with Gasteiger partial charge in [-0.15, -0.1) is 0 Å². The topological polar surface area (TPSA) is 120 Å². The second kappa shape index (κ2) is 5.72. The molecule has 1 aromatic carbocycles. The molecule has 23 heavy (non-hydrogen) atoms. The van der Waals surface area contributed by atoms with E-state index in [1.54, 1.807) is 0 Å². The Morgan fingerprint density at radius 1 is 1.22 bits per heavy atom. The van der Waals surface area contributed by atoms with E-state index < -0.39 is 17.5 Å². The molecule has 3 rings (SSSR count). The number of pyridine rings is 1. The fraction of sp³-hybridized carbons (Fsp3) is 0. The third-order valence-corrected chi connectivity index (χ3v) is 2.79. The molecule has 1 amide bonds. The Balaban J connectivity index is 1.98. The number of nitrogens with zero attached hydrogens (tertiary/aromatic N) is 2. The number of hydrogen-bond donors (Lipinski definition) is 2. The predicted octanol–water partition coefficient (Wildman–Crippen LogP) is 1.71. The van der Waals surface area contributed by atoms with Crippen LogP contribution in [0.25, 0.3) is 11.2 Å². The number of ether oxygens (including phenoxy) is 2. The number of nitrogens with two attached hydrogens (primary N) is 1. The summed E-state index contributed by atoms with van der Waals surface area (Å²) in [5, 5.41) is 0. The number of halogens is 1. The maximum absolute atomic E-state index is 14.0. The quantitative estimate of drug-likeness (QED) is 0.759. The number of H-pyrrole nitrogens is 1. The van der Waals surface area contributed by atoms with E-state index in [4.69, 9.17) is 10.5 Å². The van der Waals surface area contributed by atoms with Crippen LogP contribution in [0.1, 0.15) is 0 Å². The maximum Gasteiger partial charge on any atom is 0.409 e. The van der Waals surface area contributed by atoms with Crippen LogP contribution in [0.3, 0.4) is 0 Å². The molecule has 3 aromatic rings. The molecule has 0 fully saturated rings. The molecule has 3 N–H and O–H groups in total. The fourth-order valence-corrected chi connectivity index (χ4v) is 1.87. The smallest absolute Gasteiger partial charge is 0.409 e. The van der Waals surface area contributed by atoms with Gasteiger partial charge in [0.2, 0.25) is 0 Å². The third kappa shape index (κ3) is 3.07. The van der Waals surface area contributed by atoms with Gasteiger partial charge in [0.05, 0.1) is 6.20 Å². The van der Waals surface area contributed by atoms with Crippen LogP contribution in [0.4, 0.5) is 9.18 Å². The Bertz CT molecular complexity index is 957. The first kappa shape index (κ1) is 14.4. The number of benzene rings is 1. The van der Waals surface area contributed by atoms with Gasteiger partial charge in [0.1, 0.15) is 11.3 Å². The number of amides is 1. The second-order valence-corrected chi connectivity index (χ2v) is 4.37. The van der Waals surface area contributed by atoms with Crippen LogP contribution in [-0.4, -0.2) is 21.0 Å². The van der Waals surface area contributed by atoms with Crippen molar-refractivity contribution in [3.8, 4) is 17.2 Å². The van der Waals surface area contributed by atoms with Gasteiger partial charge in [-0.1, -0.05) is 0 Å². The molecule has 9 heteroatoms. The summed E-state index contributed by atoms with van der Waals surface area (Å²) in [4.78, 5) is 32.3. The van der Waals surface area contributed by atoms with Crippen molar-refractivity contribution >= 4 is 17.3 Å². The number of primary amides is 1. The van der Waals surface area contributed by atoms with Crippen molar-refractivity contribution in [1.29, 1.82) is 0 Å². The van der Waals surface area contributed by atoms with Crippen molar-refractivity contribution in [1.82, 2.24) is 15.0 Å². The van der Waals surface area contributed by atoms with Gasteiger partial charge in [0.15, 0.2) is 23.0 Å². The lowest BCUT2D eigenvalue weighted by Crippen LogP contribution is -2.16. The average Bonchev–Trinajstić information content (AvgIpc) is 2.50. The molecule has 0 aliphatic heterocycles. The van der Waals surface area contributed by atoms with Gasteiger partial charge in [-0.25, -0.2) is 19.2 Å². The van der Waals surface area contributed by atoms with Crippen molar-refractivity contribution < 1.29 is 18.7 Å². The molecule has 2 heterocycles. The van der Waals surface area contributed by atoms with Gasteiger partial charge in [-0.05, 0) is 12.1 Å². The highest BCUT2D eigenvalue weighted by Gasteiger charge is 2.11. The highest BCUT2D eigenvalue weighted by molar-refractivity contribution is 5.76. The predicted molar refractivity (Wildman–Crippen MR) is 76.8 cm³/mol. The molecule has 116 valence electrons. The molecule has 0 saturated carbocycles. The van der Waals surface area contributed by atoms with Crippen LogP contribution in [0, 0.1) is 5.82 Å². The van der Waals surface area contributed by atoms with Crippen molar-refractivity contribution in [2.45, 2.75) is 0 Å². The van der Waals surface area contributed by atoms with Crippen LogP contribution in [0.2, 0.25) is 0 Å². The van der Waals surface area contributed by atoms with E-state index in [9.17, 15) is 14.0 Å². The Morgan fingerprint density at radius 3 is 2.78 bits per heavy atom. The molecular formula is C14H9FN4O4. The SMILES string of the molecule is NC(=O)Oc1ccc(Oc2ccnc3ncc(=O)[nH]c23)c(F)c1. The molecule has 8 nitrogen and oxygen atoms in total. The zero-order valence-electron chi connectivity index (χ0n) is 11.4. The van der Waals surface area contributed by atoms with E-state index in [0.29, 0.717) is 0 Å². The number of carbonyl (C=O) groups excluding carboxylic acids is 1. The van der Waals surface area contributed by atoms with E-state index in [1.165, 1.54) is 24.4 Å². The lowest BCUT2D eigenvalue weighted by atomic mass is 10.3. The summed E-state index contributed by atoms with van der Waals surface area (Å²) in [7, 11) is 0. The molecule has 0 spiro atoms. The average molecular weight is 316 g/mol. The van der Waals surface area contributed by atoms with Crippen molar-refractivity contribution in [2.24, 2.45) is 5.73 Å². The summed E-state index contributed by atoms with van der Waals surface area (Å²) in [6.07, 6.45) is 1.43. The second-order valence-electron chi connectivity index (χ2n) is 4.37. The van der Waals surface area contributed by atoms with Crippen LogP contribution in [-0.2, 0) is 0 Å². The maximum atomic E-state index is 14.0. The van der Waals surface area contributed by atoms with Gasteiger partial charge >= 0.3 is 6.09 Å². The Labute approximate surface area is 127 Å². The molecule has 2 aromatic heterocycles. The first-order valence-corrected chi connectivity index (χ1v) is 6.31. The normalized spacial score (nSPS) is 10.5. The van der Waals surface area contributed by atoms with E-state index in [-0.39, 0.29) is 28.4 Å². The van der Waals surface area contributed by atoms with Crippen LogP contribution < -0.4 is 20.8 Å². The number of rotatable bonds is 3. The minimum Gasteiger partial charge on any atom is -0.452 e. The summed E-state index contributed by atoms with van der Waals surface area (Å²) < 4.78 is 24.0. The molecule has 0 atom stereocenters. The summed E-state index contributed by atoms with van der Waals surface area (Å²) >= 11 is 0. The van der Waals surface area contributed by atoms with E-state index in [0.717, 1.165) is 12.3 Å². The number of aromatic nitrogens is 3. The van der Waals surface area contributed by atoms with Crippen molar-refractivity contribution in [3.63, 3.8) is 0 Å². The summed E-state index contributed by atoms with van der Waals surface area (Å²) in [5.41, 5.74) is 4.89. The first-order chi connectivity index (χ1) is 11.0. The highest BCUT2D eigenvalue weighted by Crippen LogP contribution is 2.30. The fourth-order valence-electron chi connectivity index (χ4n) is 1.87. The minimum absolute atomic E-state index is 0.0583. The Kier molecular flexibility index (Phi) is 3.59. The molecule has 0 aliphatic carbocycles. The van der Waals surface area contributed by atoms with Crippen LogP contribution in [0.15, 0.2) is 41.5 Å². The first-order valence-electron chi connectivity index (χ1n) is 6.31. The zero-order valence-corrected chi connectivity index (χ0v) is 11.4. The molecule has 0 saturated heterocycles. The van der Waals surface area contributed by atoms with Gasteiger partial charge in [0.25, 0.3) is 5.56 Å². The lowest BCUT2D eigenvalue weighted by Gasteiger charge is -2.09. The molecule has 0 bridgehead atoms. The van der Waals surface area contributed by atoms with Crippen LogP contribution >= 0.6 is 0 Å². The number of hydrogen-bond acceptors (Lipinski definition) is 6. The van der Waals surface area contributed by atoms with Crippen molar-refractivity contribution in [3.05, 3.63) is 52.8 Å². The molecule has 0 radical (unpaired) electrons. The van der Waals surface area contributed by atoms with E-state index in [1.807, 2.05) is 0 Å². The van der Waals surface area contributed by atoms with Gasteiger partial charge in [0, 0.05) is 18.3 Å². The number of aromatic amines is 1. The summed E-state index contributed by atoms with van der Waals surface area (Å²) in [6.45, 7) is 0. The lowest BCUT2D eigenvalue weighted by molar-refractivity contribution is 0.210. The largest absolute Gasteiger partial charge is 0.452 e. The van der Waals surface area contributed by atoms with Crippen LogP contribution in [0.5, 0.6) is 17.2 Å². The number of nitrogens with one attached hydrogen (secondary N) is 1. The Morgan fingerprint density at radius 2 is 2.04 bits per heavy atom. The van der Waals surface area contributed by atoms with Crippen molar-refractivity contribution in [2.75, 3.05) is 0 Å². The van der Waals surface area contributed by atoms with E-state index >= 15 is 0 Å². The highest BCUT2D eigenvalue weighted by atomic mass is 19.1. The molecular weight excluding hydrogens is 307 g/mol. The Hall–Kier alpha value is -3.49. The minimum atomic E-state index is -1.05. The zero-order chi connectivity index (χ0) is 16.4. The number of carbonyl (C=O) groups is 1. The van der Waals surface area contributed by atoms with Gasteiger partial charge < -0.3 is 20.2 Å². The number of fused-ring (bicyclic) bond motifs is 1.